The van der Waals surface area contributed by atoms with Crippen LogP contribution in [0.1, 0.15) is 11.1 Å². The van der Waals surface area contributed by atoms with E-state index in [0.29, 0.717) is 19.6 Å². The van der Waals surface area contributed by atoms with Gasteiger partial charge in [0.15, 0.2) is 0 Å². The number of rotatable bonds is 7. The molecule has 0 aliphatic heterocycles. The third kappa shape index (κ3) is 4.51. The lowest BCUT2D eigenvalue weighted by Crippen LogP contribution is -2.32. The van der Waals surface area contributed by atoms with Crippen molar-refractivity contribution in [3.8, 4) is 11.4 Å². The van der Waals surface area contributed by atoms with Crippen LogP contribution in [0.3, 0.4) is 0 Å². The number of para-hydroxylation sites is 2. The van der Waals surface area contributed by atoms with Crippen LogP contribution in [0.25, 0.3) is 5.69 Å². The van der Waals surface area contributed by atoms with Gasteiger partial charge in [-0.05, 0) is 36.2 Å². The number of nitrogens with zero attached hydrogens (tertiary/aromatic N) is 3. The summed E-state index contributed by atoms with van der Waals surface area (Å²) >= 11 is 0. The molecular formula is C21H23N3O2. The van der Waals surface area contributed by atoms with Gasteiger partial charge in [0.05, 0.1) is 24.8 Å². The highest BCUT2D eigenvalue weighted by Crippen LogP contribution is 2.16. The first kappa shape index (κ1) is 17.7. The Labute approximate surface area is 153 Å². The van der Waals surface area contributed by atoms with Gasteiger partial charge in [0.2, 0.25) is 5.91 Å². The van der Waals surface area contributed by atoms with Crippen molar-refractivity contribution >= 4 is 5.91 Å². The molecule has 26 heavy (non-hydrogen) atoms. The minimum Gasteiger partial charge on any atom is -0.491 e. The van der Waals surface area contributed by atoms with Gasteiger partial charge in [-0.15, -0.1) is 0 Å². The van der Waals surface area contributed by atoms with Crippen LogP contribution in [0.4, 0.5) is 0 Å². The molecule has 1 amide bonds. The maximum absolute atomic E-state index is 12.4. The quantitative estimate of drug-likeness (QED) is 0.658. The lowest BCUT2D eigenvalue weighted by atomic mass is 10.2. The van der Waals surface area contributed by atoms with E-state index in [0.717, 1.165) is 22.6 Å². The summed E-state index contributed by atoms with van der Waals surface area (Å²) in [7, 11) is 1.80. The second kappa shape index (κ2) is 8.34. The van der Waals surface area contributed by atoms with E-state index in [9.17, 15) is 4.79 Å². The largest absolute Gasteiger partial charge is 0.491 e. The summed E-state index contributed by atoms with van der Waals surface area (Å²) in [6, 6.07) is 17.7. The van der Waals surface area contributed by atoms with Gasteiger partial charge >= 0.3 is 0 Å². The number of hydrogen-bond donors (Lipinski definition) is 0. The average Bonchev–Trinajstić information content (AvgIpc) is 3.12. The lowest BCUT2D eigenvalue weighted by Gasteiger charge is -2.17. The Bertz CT molecular complexity index is 858. The second-order valence-corrected chi connectivity index (χ2v) is 6.23. The summed E-state index contributed by atoms with van der Waals surface area (Å²) in [5, 5.41) is 4.33. The summed E-state index contributed by atoms with van der Waals surface area (Å²) in [5.41, 5.74) is 2.96. The standard InChI is InChI=1S/C21H23N3O2/c1-17-8-6-7-11-20(17)26-13-12-23(2)21(25)14-18-15-22-24(16-18)19-9-4-3-5-10-19/h3-11,15-16H,12-14H2,1-2H3. The van der Waals surface area contributed by atoms with Gasteiger partial charge in [0.1, 0.15) is 12.4 Å². The number of hydrogen-bond acceptors (Lipinski definition) is 3. The highest BCUT2D eigenvalue weighted by Gasteiger charge is 2.12. The van der Waals surface area contributed by atoms with E-state index in [1.807, 2.05) is 67.7 Å². The van der Waals surface area contributed by atoms with Crippen LogP contribution >= 0.6 is 0 Å². The number of likely N-dealkylation sites (N-methyl/N-ethyl adjacent to an activating group) is 1. The van der Waals surface area contributed by atoms with Crippen molar-refractivity contribution in [2.75, 3.05) is 20.2 Å². The molecule has 0 N–H and O–H groups in total. The first-order chi connectivity index (χ1) is 12.6. The molecule has 0 unspecified atom stereocenters. The number of benzene rings is 2. The first-order valence-electron chi connectivity index (χ1n) is 8.65. The van der Waals surface area contributed by atoms with Crippen molar-refractivity contribution < 1.29 is 9.53 Å². The van der Waals surface area contributed by atoms with E-state index < -0.39 is 0 Å². The highest BCUT2D eigenvalue weighted by atomic mass is 16.5. The highest BCUT2D eigenvalue weighted by molar-refractivity contribution is 5.78. The molecule has 0 spiro atoms. The monoisotopic (exact) mass is 349 g/mol. The fourth-order valence-corrected chi connectivity index (χ4v) is 2.62. The van der Waals surface area contributed by atoms with Crippen LogP contribution in [0.15, 0.2) is 67.0 Å². The van der Waals surface area contributed by atoms with E-state index in [4.69, 9.17) is 4.74 Å². The number of ether oxygens (including phenoxy) is 1. The molecule has 0 radical (unpaired) electrons. The molecule has 5 nitrogen and oxygen atoms in total. The zero-order chi connectivity index (χ0) is 18.4. The summed E-state index contributed by atoms with van der Waals surface area (Å²) in [4.78, 5) is 14.1. The van der Waals surface area contributed by atoms with Crippen LogP contribution in [-0.2, 0) is 11.2 Å². The Morgan fingerprint density at radius 1 is 1.12 bits per heavy atom. The van der Waals surface area contributed by atoms with Gasteiger partial charge in [-0.2, -0.15) is 5.10 Å². The molecule has 1 heterocycles. The molecule has 134 valence electrons. The predicted octanol–water partition coefficient (Wildman–Crippen LogP) is 3.26. The van der Waals surface area contributed by atoms with Crippen molar-refractivity contribution in [1.82, 2.24) is 14.7 Å². The Morgan fingerprint density at radius 2 is 1.85 bits per heavy atom. The van der Waals surface area contributed by atoms with Crippen LogP contribution in [0, 0.1) is 6.92 Å². The maximum atomic E-state index is 12.4. The molecule has 0 aliphatic rings. The van der Waals surface area contributed by atoms with Gasteiger partial charge < -0.3 is 9.64 Å². The van der Waals surface area contributed by atoms with Gasteiger partial charge in [-0.25, -0.2) is 4.68 Å². The Morgan fingerprint density at radius 3 is 2.62 bits per heavy atom. The molecule has 3 rings (SSSR count). The van der Waals surface area contributed by atoms with Gasteiger partial charge in [0, 0.05) is 13.2 Å². The molecule has 2 aromatic carbocycles. The number of carbonyl (C=O) groups excluding carboxylic acids is 1. The van der Waals surface area contributed by atoms with Crippen LogP contribution in [0.5, 0.6) is 5.75 Å². The molecule has 5 heteroatoms. The Balaban J connectivity index is 1.50. The summed E-state index contributed by atoms with van der Waals surface area (Å²) in [5.74, 6) is 0.906. The summed E-state index contributed by atoms with van der Waals surface area (Å²) in [6.45, 7) is 3.02. The average molecular weight is 349 g/mol. The molecule has 0 aliphatic carbocycles. The fourth-order valence-electron chi connectivity index (χ4n) is 2.62. The number of carbonyl (C=O) groups is 1. The zero-order valence-corrected chi connectivity index (χ0v) is 15.1. The van der Waals surface area contributed by atoms with E-state index in [1.165, 1.54) is 0 Å². The van der Waals surface area contributed by atoms with Gasteiger partial charge in [-0.3, -0.25) is 4.79 Å². The summed E-state index contributed by atoms with van der Waals surface area (Å²) in [6.07, 6.45) is 3.96. The topological polar surface area (TPSA) is 47.4 Å². The molecular weight excluding hydrogens is 326 g/mol. The van der Waals surface area contributed by atoms with E-state index >= 15 is 0 Å². The molecule has 0 saturated carbocycles. The molecule has 1 aromatic heterocycles. The van der Waals surface area contributed by atoms with Crippen molar-refractivity contribution in [3.63, 3.8) is 0 Å². The number of aromatic nitrogens is 2. The van der Waals surface area contributed by atoms with Crippen molar-refractivity contribution in [2.24, 2.45) is 0 Å². The molecule has 0 atom stereocenters. The molecule has 0 bridgehead atoms. The maximum Gasteiger partial charge on any atom is 0.226 e. The van der Waals surface area contributed by atoms with Gasteiger partial charge in [-0.1, -0.05) is 36.4 Å². The van der Waals surface area contributed by atoms with Crippen molar-refractivity contribution in [2.45, 2.75) is 13.3 Å². The zero-order valence-electron chi connectivity index (χ0n) is 15.1. The smallest absolute Gasteiger partial charge is 0.226 e. The Kier molecular flexibility index (Phi) is 5.69. The Hall–Kier alpha value is -3.08. The third-order valence-electron chi connectivity index (χ3n) is 4.22. The molecule has 0 saturated heterocycles. The van der Waals surface area contributed by atoms with Crippen molar-refractivity contribution in [3.05, 3.63) is 78.1 Å². The van der Waals surface area contributed by atoms with Crippen LogP contribution < -0.4 is 4.74 Å². The molecule has 0 fully saturated rings. The SMILES string of the molecule is Cc1ccccc1OCCN(C)C(=O)Cc1cnn(-c2ccccc2)c1. The van der Waals surface area contributed by atoms with Crippen LogP contribution in [-0.4, -0.2) is 40.8 Å². The molecule has 3 aromatic rings. The van der Waals surface area contributed by atoms with E-state index in [1.54, 1.807) is 22.8 Å². The third-order valence-corrected chi connectivity index (χ3v) is 4.22. The predicted molar refractivity (Wildman–Crippen MR) is 102 cm³/mol. The van der Waals surface area contributed by atoms with Crippen molar-refractivity contribution in [1.29, 1.82) is 0 Å². The van der Waals surface area contributed by atoms with E-state index in [-0.39, 0.29) is 5.91 Å². The number of aryl methyl sites for hydroxylation is 1. The van der Waals surface area contributed by atoms with Gasteiger partial charge in [0.25, 0.3) is 0 Å². The fraction of sp³-hybridized carbons (Fsp3) is 0.238. The minimum absolute atomic E-state index is 0.0472. The van der Waals surface area contributed by atoms with Crippen LogP contribution in [0.2, 0.25) is 0 Å². The van der Waals surface area contributed by atoms with E-state index in [2.05, 4.69) is 5.10 Å². The minimum atomic E-state index is 0.0472. The first-order valence-corrected chi connectivity index (χ1v) is 8.65. The normalized spacial score (nSPS) is 10.5. The second-order valence-electron chi connectivity index (χ2n) is 6.23. The number of amides is 1. The summed E-state index contributed by atoms with van der Waals surface area (Å²) < 4.78 is 7.54. The lowest BCUT2D eigenvalue weighted by molar-refractivity contribution is -0.129.